The lowest BCUT2D eigenvalue weighted by Crippen LogP contribution is -2.37. The molecule has 1 atom stereocenters. The number of rotatable bonds is 3. The summed E-state index contributed by atoms with van der Waals surface area (Å²) in [6.45, 7) is 3.08. The molecule has 0 aliphatic carbocycles. The maximum absolute atomic E-state index is 12.6. The molecule has 1 aromatic heterocycles. The van der Waals surface area contributed by atoms with Crippen molar-refractivity contribution < 1.29 is 19.0 Å². The quantitative estimate of drug-likeness (QED) is 0.869. The molecule has 0 radical (unpaired) electrons. The lowest BCUT2D eigenvalue weighted by Gasteiger charge is -2.21. The van der Waals surface area contributed by atoms with Gasteiger partial charge in [0.05, 0.1) is 12.2 Å². The molecule has 118 valence electrons. The van der Waals surface area contributed by atoms with Crippen LogP contribution in [0.25, 0.3) is 0 Å². The molecule has 0 saturated carbocycles. The number of benzene rings is 1. The van der Waals surface area contributed by atoms with Gasteiger partial charge in [-0.25, -0.2) is 0 Å². The highest BCUT2D eigenvalue weighted by molar-refractivity contribution is 5.81. The highest BCUT2D eigenvalue weighted by Gasteiger charge is 2.28. The highest BCUT2D eigenvalue weighted by Crippen LogP contribution is 2.35. The van der Waals surface area contributed by atoms with Gasteiger partial charge in [0.15, 0.2) is 17.6 Å². The van der Waals surface area contributed by atoms with E-state index in [0.717, 1.165) is 11.3 Å². The van der Waals surface area contributed by atoms with Crippen LogP contribution in [0, 0.1) is 0 Å². The monoisotopic (exact) mass is 312 g/mol. The van der Waals surface area contributed by atoms with Gasteiger partial charge in [-0.3, -0.25) is 9.78 Å². The number of nitrogens with zero attached hydrogens (tertiary/aromatic N) is 2. The molecule has 6 nitrogen and oxygen atoms in total. The van der Waals surface area contributed by atoms with Gasteiger partial charge >= 0.3 is 0 Å². The first-order valence-corrected chi connectivity index (χ1v) is 7.48. The van der Waals surface area contributed by atoms with E-state index in [1.54, 1.807) is 36.2 Å². The Hall–Kier alpha value is -2.76. The summed E-state index contributed by atoms with van der Waals surface area (Å²) in [5, 5.41) is 0. The number of carbonyl (C=O) groups is 1. The molecule has 0 bridgehead atoms. The fraction of sp³-hybridized carbons (Fsp3) is 0.294. The van der Waals surface area contributed by atoms with Crippen LogP contribution in [0.1, 0.15) is 18.2 Å². The summed E-state index contributed by atoms with van der Waals surface area (Å²) in [5.41, 5.74) is 2.05. The van der Waals surface area contributed by atoms with Gasteiger partial charge in [0.1, 0.15) is 5.75 Å². The number of aromatic nitrogens is 1. The average Bonchev–Trinajstić information content (AvgIpc) is 3.19. The van der Waals surface area contributed by atoms with Gasteiger partial charge in [-0.05, 0) is 30.7 Å². The minimum absolute atomic E-state index is 0.0549. The second-order valence-corrected chi connectivity index (χ2v) is 5.58. The van der Waals surface area contributed by atoms with Gasteiger partial charge in [-0.15, -0.1) is 0 Å². The predicted octanol–water partition coefficient (Wildman–Crippen LogP) is 2.12. The molecular weight excluding hydrogens is 296 g/mol. The third-order valence-corrected chi connectivity index (χ3v) is 4.00. The van der Waals surface area contributed by atoms with Crippen molar-refractivity contribution in [2.75, 3.05) is 6.79 Å². The molecule has 2 aliphatic heterocycles. The van der Waals surface area contributed by atoms with Gasteiger partial charge in [0, 0.05) is 18.8 Å². The normalized spacial score (nSPS) is 16.1. The van der Waals surface area contributed by atoms with Gasteiger partial charge < -0.3 is 19.1 Å². The lowest BCUT2D eigenvalue weighted by atomic mass is 10.2. The molecule has 3 heterocycles. The van der Waals surface area contributed by atoms with E-state index in [9.17, 15) is 4.79 Å². The minimum atomic E-state index is -0.579. The molecule has 2 aromatic rings. The molecule has 0 spiro atoms. The first-order chi connectivity index (χ1) is 11.2. The van der Waals surface area contributed by atoms with Crippen molar-refractivity contribution >= 4 is 5.91 Å². The Kier molecular flexibility index (Phi) is 3.29. The summed E-state index contributed by atoms with van der Waals surface area (Å²) < 4.78 is 16.3. The number of hydrogen-bond donors (Lipinski definition) is 0. The summed E-state index contributed by atoms with van der Waals surface area (Å²) in [4.78, 5) is 18.6. The van der Waals surface area contributed by atoms with Crippen molar-refractivity contribution in [2.24, 2.45) is 0 Å². The molecule has 4 rings (SSSR count). The minimum Gasteiger partial charge on any atom is -0.481 e. The molecule has 23 heavy (non-hydrogen) atoms. The number of fused-ring (bicyclic) bond motifs is 2. The van der Waals surface area contributed by atoms with Crippen molar-refractivity contribution in [1.29, 1.82) is 0 Å². The maximum Gasteiger partial charge on any atom is 0.264 e. The number of pyridine rings is 1. The topological polar surface area (TPSA) is 60.9 Å². The molecule has 1 aromatic carbocycles. The van der Waals surface area contributed by atoms with Crippen LogP contribution >= 0.6 is 0 Å². The first kappa shape index (κ1) is 13.9. The van der Waals surface area contributed by atoms with Crippen molar-refractivity contribution in [3.05, 3.63) is 47.8 Å². The Morgan fingerprint density at radius 3 is 3.00 bits per heavy atom. The van der Waals surface area contributed by atoms with Crippen LogP contribution < -0.4 is 14.2 Å². The van der Waals surface area contributed by atoms with Crippen LogP contribution in [0.2, 0.25) is 0 Å². The largest absolute Gasteiger partial charge is 0.481 e. The summed E-state index contributed by atoms with van der Waals surface area (Å²) in [6, 6.07) is 9.19. The summed E-state index contributed by atoms with van der Waals surface area (Å²) >= 11 is 0. The number of amides is 1. The Labute approximate surface area is 133 Å². The maximum atomic E-state index is 12.6. The van der Waals surface area contributed by atoms with E-state index in [-0.39, 0.29) is 12.7 Å². The van der Waals surface area contributed by atoms with Crippen LogP contribution in [0.4, 0.5) is 0 Å². The van der Waals surface area contributed by atoms with E-state index in [0.29, 0.717) is 30.3 Å². The Morgan fingerprint density at radius 1 is 1.26 bits per heavy atom. The van der Waals surface area contributed by atoms with Crippen LogP contribution in [-0.2, 0) is 17.9 Å². The summed E-state index contributed by atoms with van der Waals surface area (Å²) in [6.07, 6.45) is 1.17. The SMILES string of the molecule is CC(Oc1ccc2c(c1)OCO2)C(=O)N1Cc2cccnc2C1. The molecule has 1 amide bonds. The van der Waals surface area contributed by atoms with Gasteiger partial charge in [0.25, 0.3) is 5.91 Å². The van der Waals surface area contributed by atoms with E-state index in [2.05, 4.69) is 4.98 Å². The van der Waals surface area contributed by atoms with E-state index < -0.39 is 6.10 Å². The third-order valence-electron chi connectivity index (χ3n) is 4.00. The number of hydrogen-bond acceptors (Lipinski definition) is 5. The van der Waals surface area contributed by atoms with Crippen molar-refractivity contribution in [3.63, 3.8) is 0 Å². The van der Waals surface area contributed by atoms with Crippen LogP contribution in [0.5, 0.6) is 17.2 Å². The molecule has 1 unspecified atom stereocenters. The van der Waals surface area contributed by atoms with Crippen LogP contribution in [-0.4, -0.2) is 28.7 Å². The highest BCUT2D eigenvalue weighted by atomic mass is 16.7. The van der Waals surface area contributed by atoms with Gasteiger partial charge in [0.2, 0.25) is 6.79 Å². The fourth-order valence-electron chi connectivity index (χ4n) is 2.82. The third kappa shape index (κ3) is 2.56. The molecule has 0 N–H and O–H groups in total. The Balaban J connectivity index is 1.43. The van der Waals surface area contributed by atoms with Crippen molar-refractivity contribution in [2.45, 2.75) is 26.1 Å². The van der Waals surface area contributed by atoms with Crippen molar-refractivity contribution in [3.8, 4) is 17.2 Å². The number of ether oxygens (including phenoxy) is 3. The molecular formula is C17H16N2O4. The predicted molar refractivity (Wildman–Crippen MR) is 81.1 cm³/mol. The van der Waals surface area contributed by atoms with Crippen molar-refractivity contribution in [1.82, 2.24) is 9.88 Å². The molecule has 0 fully saturated rings. The molecule has 6 heteroatoms. The van der Waals surface area contributed by atoms with Gasteiger partial charge in [-0.2, -0.15) is 0 Å². The zero-order valence-electron chi connectivity index (χ0n) is 12.7. The molecule has 0 saturated heterocycles. The number of carbonyl (C=O) groups excluding carboxylic acids is 1. The van der Waals surface area contributed by atoms with E-state index >= 15 is 0 Å². The smallest absolute Gasteiger partial charge is 0.264 e. The van der Waals surface area contributed by atoms with E-state index in [1.165, 1.54) is 0 Å². The summed E-state index contributed by atoms with van der Waals surface area (Å²) in [5.74, 6) is 1.86. The zero-order chi connectivity index (χ0) is 15.8. The van der Waals surface area contributed by atoms with E-state index in [1.807, 2.05) is 12.1 Å². The Bertz CT molecular complexity index is 737. The second-order valence-electron chi connectivity index (χ2n) is 5.58. The first-order valence-electron chi connectivity index (χ1n) is 7.48. The van der Waals surface area contributed by atoms with E-state index in [4.69, 9.17) is 14.2 Å². The molecule has 2 aliphatic rings. The Morgan fingerprint density at radius 2 is 2.13 bits per heavy atom. The fourth-order valence-corrected chi connectivity index (χ4v) is 2.82. The summed E-state index contributed by atoms with van der Waals surface area (Å²) in [7, 11) is 0. The van der Waals surface area contributed by atoms with Gasteiger partial charge in [-0.1, -0.05) is 6.07 Å². The zero-order valence-corrected chi connectivity index (χ0v) is 12.7. The standard InChI is InChI=1S/C17H16N2O4/c1-11(23-13-4-5-15-16(7-13)22-10-21-15)17(20)19-8-12-3-2-6-18-14(12)9-19/h2-7,11H,8-10H2,1H3. The second kappa shape index (κ2) is 5.46. The van der Waals surface area contributed by atoms with Crippen LogP contribution in [0.3, 0.4) is 0 Å². The lowest BCUT2D eigenvalue weighted by molar-refractivity contribution is -0.138. The average molecular weight is 312 g/mol. The van der Waals surface area contributed by atoms with Crippen LogP contribution in [0.15, 0.2) is 36.5 Å².